The van der Waals surface area contributed by atoms with Crippen molar-refractivity contribution in [1.82, 2.24) is 14.3 Å². The van der Waals surface area contributed by atoms with Crippen LogP contribution in [0.15, 0.2) is 53.7 Å². The van der Waals surface area contributed by atoms with Crippen LogP contribution in [0.2, 0.25) is 0 Å². The second-order valence-corrected chi connectivity index (χ2v) is 8.15. The van der Waals surface area contributed by atoms with E-state index in [0.29, 0.717) is 23.3 Å². The van der Waals surface area contributed by atoms with E-state index in [4.69, 9.17) is 0 Å². The average molecular weight is 470 g/mol. The molecular weight excluding hydrogens is 455 g/mol. The molecule has 130 valence electrons. The third-order valence-corrected chi connectivity index (χ3v) is 5.98. The minimum absolute atomic E-state index is 0.189. The van der Waals surface area contributed by atoms with Gasteiger partial charge >= 0.3 is 6.03 Å². The molecule has 0 aliphatic carbocycles. The van der Waals surface area contributed by atoms with Gasteiger partial charge in [-0.1, -0.05) is 18.2 Å². The molecule has 2 amide bonds. The molecule has 0 bridgehead atoms. The van der Waals surface area contributed by atoms with Gasteiger partial charge in [0.05, 0.1) is 16.8 Å². The molecule has 0 fully saturated rings. The van der Waals surface area contributed by atoms with Crippen LogP contribution < -0.4 is 10.6 Å². The number of halogens is 1. The molecule has 2 heterocycles. The predicted molar refractivity (Wildman–Crippen MR) is 104 cm³/mol. The van der Waals surface area contributed by atoms with E-state index in [1.807, 2.05) is 6.92 Å². The van der Waals surface area contributed by atoms with Gasteiger partial charge in [-0.25, -0.2) is 22.2 Å². The first kappa shape index (κ1) is 17.7. The second-order valence-electron chi connectivity index (χ2n) is 5.17. The molecule has 1 aromatic carbocycles. The van der Waals surface area contributed by atoms with Crippen LogP contribution >= 0.6 is 22.6 Å². The molecule has 0 aliphatic rings. The van der Waals surface area contributed by atoms with Crippen molar-refractivity contribution in [1.29, 1.82) is 0 Å². The van der Waals surface area contributed by atoms with E-state index in [9.17, 15) is 13.2 Å². The Hall–Kier alpha value is -2.14. The molecule has 0 spiro atoms. The summed E-state index contributed by atoms with van der Waals surface area (Å²) in [5.74, 6) is 0. The molecule has 0 aliphatic heterocycles. The number of rotatable bonds is 4. The van der Waals surface area contributed by atoms with Gasteiger partial charge in [-0.3, -0.25) is 0 Å². The summed E-state index contributed by atoms with van der Waals surface area (Å²) in [7, 11) is -3.74. The zero-order valence-corrected chi connectivity index (χ0v) is 16.2. The summed E-state index contributed by atoms with van der Waals surface area (Å²) in [4.78, 5) is 16.1. The lowest BCUT2D eigenvalue weighted by Crippen LogP contribution is -2.28. The smallest absolute Gasteiger partial charge is 0.319 e. The number of carbonyl (C=O) groups excluding carboxylic acids is 1. The van der Waals surface area contributed by atoms with Crippen LogP contribution in [0.3, 0.4) is 0 Å². The highest BCUT2D eigenvalue weighted by Crippen LogP contribution is 2.27. The zero-order valence-electron chi connectivity index (χ0n) is 13.2. The van der Waals surface area contributed by atoms with Crippen molar-refractivity contribution >= 4 is 55.4 Å². The third-order valence-electron chi connectivity index (χ3n) is 3.46. The molecule has 25 heavy (non-hydrogen) atoms. The SMILES string of the molecule is CCNC(=O)Nc1cnc2c(c1)c(I)cn2S(=O)(=O)c1ccccc1. The second kappa shape index (κ2) is 7.00. The van der Waals surface area contributed by atoms with Gasteiger partial charge < -0.3 is 10.6 Å². The minimum atomic E-state index is -3.74. The van der Waals surface area contributed by atoms with Gasteiger partial charge in [-0.05, 0) is 47.7 Å². The van der Waals surface area contributed by atoms with Crippen molar-refractivity contribution in [2.24, 2.45) is 0 Å². The highest BCUT2D eigenvalue weighted by atomic mass is 127. The van der Waals surface area contributed by atoms with Gasteiger partial charge in [0.25, 0.3) is 10.0 Å². The molecule has 2 N–H and O–H groups in total. The molecule has 0 radical (unpaired) electrons. The Morgan fingerprint density at radius 1 is 1.28 bits per heavy atom. The van der Waals surface area contributed by atoms with Crippen molar-refractivity contribution in [3.05, 3.63) is 52.4 Å². The number of hydrogen-bond donors (Lipinski definition) is 2. The number of amides is 2. The molecule has 3 aromatic rings. The molecule has 9 heteroatoms. The highest BCUT2D eigenvalue weighted by Gasteiger charge is 2.21. The number of benzene rings is 1. The Kier molecular flexibility index (Phi) is 4.95. The fourth-order valence-electron chi connectivity index (χ4n) is 2.34. The Balaban J connectivity index is 2.06. The Morgan fingerprint density at radius 3 is 2.68 bits per heavy atom. The van der Waals surface area contributed by atoms with Crippen LogP contribution in [0.1, 0.15) is 6.92 Å². The monoisotopic (exact) mass is 470 g/mol. The summed E-state index contributed by atoms with van der Waals surface area (Å²) >= 11 is 2.05. The lowest BCUT2D eigenvalue weighted by atomic mass is 10.3. The molecule has 3 rings (SSSR count). The number of nitrogens with one attached hydrogen (secondary N) is 2. The topological polar surface area (TPSA) is 93.1 Å². The van der Waals surface area contributed by atoms with Gasteiger partial charge in [0.15, 0.2) is 5.65 Å². The first-order valence-electron chi connectivity index (χ1n) is 7.45. The van der Waals surface area contributed by atoms with Crippen molar-refractivity contribution in [2.75, 3.05) is 11.9 Å². The highest BCUT2D eigenvalue weighted by molar-refractivity contribution is 14.1. The van der Waals surface area contributed by atoms with Crippen LogP contribution in [0, 0.1) is 3.57 Å². The van der Waals surface area contributed by atoms with E-state index in [0.717, 1.165) is 7.54 Å². The number of hydrogen-bond acceptors (Lipinski definition) is 4. The van der Waals surface area contributed by atoms with Crippen molar-refractivity contribution in [2.45, 2.75) is 11.8 Å². The average Bonchev–Trinajstić information content (AvgIpc) is 2.93. The maximum Gasteiger partial charge on any atom is 0.319 e. The normalized spacial score (nSPS) is 11.4. The Morgan fingerprint density at radius 2 is 2.00 bits per heavy atom. The van der Waals surface area contributed by atoms with Crippen LogP contribution in [-0.2, 0) is 10.0 Å². The lowest BCUT2D eigenvalue weighted by molar-refractivity contribution is 0.252. The Bertz CT molecular complexity index is 1030. The number of pyridine rings is 1. The minimum Gasteiger partial charge on any atom is -0.338 e. The van der Waals surface area contributed by atoms with E-state index in [1.165, 1.54) is 12.4 Å². The van der Waals surface area contributed by atoms with Crippen LogP contribution in [0.4, 0.5) is 10.5 Å². The van der Waals surface area contributed by atoms with E-state index < -0.39 is 10.0 Å². The zero-order chi connectivity index (χ0) is 18.0. The van der Waals surface area contributed by atoms with Crippen LogP contribution in [-0.4, -0.2) is 30.0 Å². The summed E-state index contributed by atoms with van der Waals surface area (Å²) in [6, 6.07) is 9.55. The maximum atomic E-state index is 12.8. The number of fused-ring (bicyclic) bond motifs is 1. The molecule has 2 aromatic heterocycles. The summed E-state index contributed by atoms with van der Waals surface area (Å²) in [6.45, 7) is 2.32. The van der Waals surface area contributed by atoms with Crippen molar-refractivity contribution in [3.63, 3.8) is 0 Å². The molecular formula is C16H15IN4O3S. The van der Waals surface area contributed by atoms with Gasteiger partial charge in [-0.2, -0.15) is 0 Å². The number of urea groups is 1. The molecule has 7 nitrogen and oxygen atoms in total. The Labute approximate surface area is 158 Å². The molecule has 0 atom stereocenters. The van der Waals surface area contributed by atoms with E-state index >= 15 is 0 Å². The number of carbonyl (C=O) groups is 1. The summed E-state index contributed by atoms with van der Waals surface area (Å²) < 4.78 is 27.6. The number of nitrogens with zero attached hydrogens (tertiary/aromatic N) is 2. The molecule has 0 unspecified atom stereocenters. The third kappa shape index (κ3) is 3.47. The predicted octanol–water partition coefficient (Wildman–Crippen LogP) is 3.02. The van der Waals surface area contributed by atoms with E-state index in [1.54, 1.807) is 36.4 Å². The fourth-order valence-corrected chi connectivity index (χ4v) is 4.55. The van der Waals surface area contributed by atoms with Crippen LogP contribution in [0.25, 0.3) is 11.0 Å². The maximum absolute atomic E-state index is 12.8. The molecule has 0 saturated heterocycles. The van der Waals surface area contributed by atoms with Gasteiger partial charge in [0.2, 0.25) is 0 Å². The summed E-state index contributed by atoms with van der Waals surface area (Å²) in [6.07, 6.45) is 2.96. The number of aromatic nitrogens is 2. The van der Waals surface area contributed by atoms with Gasteiger partial charge in [0, 0.05) is 21.7 Å². The van der Waals surface area contributed by atoms with Gasteiger partial charge in [0.1, 0.15) is 0 Å². The largest absolute Gasteiger partial charge is 0.338 e. The summed E-state index contributed by atoms with van der Waals surface area (Å²) in [5, 5.41) is 5.94. The van der Waals surface area contributed by atoms with Gasteiger partial charge in [-0.15, -0.1) is 0 Å². The summed E-state index contributed by atoms with van der Waals surface area (Å²) in [5.41, 5.74) is 0.806. The first-order chi connectivity index (χ1) is 11.9. The fraction of sp³-hybridized carbons (Fsp3) is 0.125. The standard InChI is InChI=1S/C16H15IN4O3S/c1-2-18-16(22)20-11-8-13-14(17)10-21(15(13)19-9-11)25(23,24)12-6-4-3-5-7-12/h3-10H,2H2,1H3,(H2,18,20,22). The number of anilines is 1. The lowest BCUT2D eigenvalue weighted by Gasteiger charge is -2.08. The van der Waals surface area contributed by atoms with E-state index in [2.05, 4.69) is 38.2 Å². The quantitative estimate of drug-likeness (QED) is 0.574. The van der Waals surface area contributed by atoms with Crippen molar-refractivity contribution in [3.8, 4) is 0 Å². The molecule has 0 saturated carbocycles. The van der Waals surface area contributed by atoms with Crippen molar-refractivity contribution < 1.29 is 13.2 Å². The first-order valence-corrected chi connectivity index (χ1v) is 9.97. The van der Waals surface area contributed by atoms with E-state index in [-0.39, 0.29) is 10.9 Å². The van der Waals surface area contributed by atoms with Crippen LogP contribution in [0.5, 0.6) is 0 Å².